The number of urea groups is 1. The quantitative estimate of drug-likeness (QED) is 0.910. The van der Waals surface area contributed by atoms with Crippen molar-refractivity contribution >= 4 is 17.6 Å². The van der Waals surface area contributed by atoms with Gasteiger partial charge in [0.15, 0.2) is 0 Å². The Morgan fingerprint density at radius 3 is 2.68 bits per heavy atom. The number of nitrogens with zero attached hydrogens (tertiary/aromatic N) is 3. The lowest BCUT2D eigenvalue weighted by atomic mass is 10.2. The molecule has 1 atom stereocenters. The van der Waals surface area contributed by atoms with E-state index in [0.29, 0.717) is 26.1 Å². The first kappa shape index (κ1) is 17.0. The van der Waals surface area contributed by atoms with Crippen molar-refractivity contribution in [1.29, 1.82) is 0 Å². The van der Waals surface area contributed by atoms with Crippen LogP contribution in [-0.2, 0) is 11.3 Å². The Bertz CT molecular complexity index is 721. The average Bonchev–Trinajstić information content (AvgIpc) is 3.01. The Labute approximate surface area is 147 Å². The summed E-state index contributed by atoms with van der Waals surface area (Å²) in [6, 6.07) is 14.8. The van der Waals surface area contributed by atoms with E-state index in [1.807, 2.05) is 55.5 Å². The van der Waals surface area contributed by atoms with Crippen molar-refractivity contribution in [3.8, 4) is 0 Å². The molecule has 25 heavy (non-hydrogen) atoms. The van der Waals surface area contributed by atoms with Gasteiger partial charge in [0.25, 0.3) is 0 Å². The van der Waals surface area contributed by atoms with Crippen LogP contribution in [0.25, 0.3) is 0 Å². The Morgan fingerprint density at radius 1 is 1.24 bits per heavy atom. The third-order valence-electron chi connectivity index (χ3n) is 4.27. The van der Waals surface area contributed by atoms with Crippen LogP contribution in [-0.4, -0.2) is 41.0 Å². The molecule has 2 aromatic rings. The molecule has 130 valence electrons. The lowest BCUT2D eigenvalue weighted by Gasteiger charge is -2.23. The van der Waals surface area contributed by atoms with Gasteiger partial charge >= 0.3 is 6.03 Å². The number of carbonyl (C=O) groups excluding carboxylic acids is 2. The molecule has 2 heterocycles. The van der Waals surface area contributed by atoms with Gasteiger partial charge in [-0.25, -0.2) is 4.79 Å². The molecular weight excluding hydrogens is 316 g/mol. The number of anilines is 1. The second-order valence-electron chi connectivity index (χ2n) is 6.03. The third kappa shape index (κ3) is 4.15. The zero-order chi connectivity index (χ0) is 17.6. The van der Waals surface area contributed by atoms with Crippen molar-refractivity contribution in [3.63, 3.8) is 0 Å². The number of rotatable bonds is 5. The monoisotopic (exact) mass is 338 g/mol. The number of pyridine rings is 1. The van der Waals surface area contributed by atoms with Gasteiger partial charge in [-0.1, -0.05) is 24.3 Å². The van der Waals surface area contributed by atoms with Gasteiger partial charge in [0.2, 0.25) is 5.91 Å². The number of nitrogens with one attached hydrogen (secondary N) is 1. The molecule has 1 N–H and O–H groups in total. The van der Waals surface area contributed by atoms with Crippen molar-refractivity contribution < 1.29 is 9.59 Å². The molecule has 0 saturated carbocycles. The van der Waals surface area contributed by atoms with E-state index < -0.39 is 0 Å². The van der Waals surface area contributed by atoms with Gasteiger partial charge in [-0.05, 0) is 31.2 Å². The minimum atomic E-state index is -0.182. The van der Waals surface area contributed by atoms with Crippen molar-refractivity contribution in [1.82, 2.24) is 15.2 Å². The van der Waals surface area contributed by atoms with Crippen LogP contribution in [0.2, 0.25) is 0 Å². The number of carbonyl (C=O) groups is 2. The number of amides is 3. The van der Waals surface area contributed by atoms with Crippen molar-refractivity contribution in [2.24, 2.45) is 0 Å². The molecule has 1 unspecified atom stereocenters. The van der Waals surface area contributed by atoms with Gasteiger partial charge in [0.05, 0.1) is 18.3 Å². The number of para-hydroxylation sites is 1. The second kappa shape index (κ2) is 7.79. The Kier molecular flexibility index (Phi) is 5.28. The van der Waals surface area contributed by atoms with Crippen LogP contribution in [0.4, 0.5) is 10.5 Å². The molecule has 0 spiro atoms. The van der Waals surface area contributed by atoms with Gasteiger partial charge in [-0.15, -0.1) is 0 Å². The molecule has 1 aliphatic heterocycles. The highest BCUT2D eigenvalue weighted by atomic mass is 16.2. The highest BCUT2D eigenvalue weighted by Gasteiger charge is 2.32. The molecule has 3 rings (SSSR count). The van der Waals surface area contributed by atoms with E-state index in [1.54, 1.807) is 16.0 Å². The fourth-order valence-electron chi connectivity index (χ4n) is 2.94. The lowest BCUT2D eigenvalue weighted by Crippen LogP contribution is -2.45. The highest BCUT2D eigenvalue weighted by Crippen LogP contribution is 2.21. The molecule has 1 aliphatic rings. The van der Waals surface area contributed by atoms with Crippen LogP contribution in [0.5, 0.6) is 0 Å². The van der Waals surface area contributed by atoms with Crippen molar-refractivity contribution in [3.05, 3.63) is 60.4 Å². The summed E-state index contributed by atoms with van der Waals surface area (Å²) in [6.07, 6.45) is 2.04. The summed E-state index contributed by atoms with van der Waals surface area (Å²) in [4.78, 5) is 32.5. The normalized spacial score (nSPS) is 16.8. The van der Waals surface area contributed by atoms with Crippen LogP contribution in [0.1, 0.15) is 19.0 Å². The zero-order valence-corrected chi connectivity index (χ0v) is 14.3. The summed E-state index contributed by atoms with van der Waals surface area (Å²) >= 11 is 0. The molecule has 1 fully saturated rings. The van der Waals surface area contributed by atoms with Crippen LogP contribution in [0, 0.1) is 0 Å². The van der Waals surface area contributed by atoms with Crippen LogP contribution < -0.4 is 10.2 Å². The highest BCUT2D eigenvalue weighted by molar-refractivity contribution is 5.96. The van der Waals surface area contributed by atoms with Gasteiger partial charge in [0, 0.05) is 31.4 Å². The van der Waals surface area contributed by atoms with E-state index in [9.17, 15) is 9.59 Å². The van der Waals surface area contributed by atoms with E-state index in [-0.39, 0.29) is 18.0 Å². The molecule has 6 heteroatoms. The standard InChI is InChI=1S/C19H22N4O2/c1-2-22(13-15-8-6-7-11-20-15)19(25)21-16-12-18(24)23(14-16)17-9-4-3-5-10-17/h3-11,16H,2,12-14H2,1H3,(H,21,25). The maximum Gasteiger partial charge on any atom is 0.318 e. The maximum absolute atomic E-state index is 12.5. The SMILES string of the molecule is CCN(Cc1ccccn1)C(=O)NC1CC(=O)N(c2ccccc2)C1. The summed E-state index contributed by atoms with van der Waals surface area (Å²) in [7, 11) is 0. The minimum absolute atomic E-state index is 0.0317. The van der Waals surface area contributed by atoms with Crippen molar-refractivity contribution in [2.75, 3.05) is 18.0 Å². The molecule has 3 amide bonds. The zero-order valence-electron chi connectivity index (χ0n) is 14.3. The van der Waals surface area contributed by atoms with E-state index in [1.165, 1.54) is 0 Å². The molecule has 0 bridgehead atoms. The number of hydrogen-bond donors (Lipinski definition) is 1. The Balaban J connectivity index is 1.60. The number of benzene rings is 1. The predicted molar refractivity (Wildman–Crippen MR) is 96.1 cm³/mol. The topological polar surface area (TPSA) is 65.5 Å². The van der Waals surface area contributed by atoms with Gasteiger partial charge in [-0.3, -0.25) is 9.78 Å². The smallest absolute Gasteiger partial charge is 0.318 e. The molecular formula is C19H22N4O2. The summed E-state index contributed by atoms with van der Waals surface area (Å²) in [5, 5.41) is 2.98. The fraction of sp³-hybridized carbons (Fsp3) is 0.316. The summed E-state index contributed by atoms with van der Waals surface area (Å²) < 4.78 is 0. The first-order chi connectivity index (χ1) is 12.2. The van der Waals surface area contributed by atoms with Gasteiger partial charge in [0.1, 0.15) is 0 Å². The van der Waals surface area contributed by atoms with E-state index >= 15 is 0 Å². The fourth-order valence-corrected chi connectivity index (χ4v) is 2.94. The number of aromatic nitrogens is 1. The largest absolute Gasteiger partial charge is 0.333 e. The van der Waals surface area contributed by atoms with Crippen LogP contribution in [0.3, 0.4) is 0 Å². The molecule has 1 aromatic carbocycles. The van der Waals surface area contributed by atoms with Crippen LogP contribution >= 0.6 is 0 Å². The van der Waals surface area contributed by atoms with Gasteiger partial charge in [-0.2, -0.15) is 0 Å². The Morgan fingerprint density at radius 2 is 2.00 bits per heavy atom. The molecule has 1 saturated heterocycles. The molecule has 6 nitrogen and oxygen atoms in total. The predicted octanol–water partition coefficient (Wildman–Crippen LogP) is 2.42. The first-order valence-electron chi connectivity index (χ1n) is 8.48. The first-order valence-corrected chi connectivity index (χ1v) is 8.48. The molecule has 1 aromatic heterocycles. The van der Waals surface area contributed by atoms with Crippen LogP contribution in [0.15, 0.2) is 54.7 Å². The molecule has 0 aliphatic carbocycles. The van der Waals surface area contributed by atoms with E-state index in [2.05, 4.69) is 10.3 Å². The average molecular weight is 338 g/mol. The maximum atomic E-state index is 12.5. The summed E-state index contributed by atoms with van der Waals surface area (Å²) in [5.41, 5.74) is 1.71. The second-order valence-corrected chi connectivity index (χ2v) is 6.03. The molecule has 0 radical (unpaired) electrons. The van der Waals surface area contributed by atoms with E-state index in [0.717, 1.165) is 11.4 Å². The third-order valence-corrected chi connectivity index (χ3v) is 4.27. The summed E-state index contributed by atoms with van der Waals surface area (Å²) in [6.45, 7) is 3.45. The van der Waals surface area contributed by atoms with Crippen molar-refractivity contribution in [2.45, 2.75) is 25.9 Å². The minimum Gasteiger partial charge on any atom is -0.333 e. The number of hydrogen-bond acceptors (Lipinski definition) is 3. The van der Waals surface area contributed by atoms with E-state index in [4.69, 9.17) is 0 Å². The Hall–Kier alpha value is -2.89. The summed E-state index contributed by atoms with van der Waals surface area (Å²) in [5.74, 6) is 0.0317. The lowest BCUT2D eigenvalue weighted by molar-refractivity contribution is -0.117. The van der Waals surface area contributed by atoms with Gasteiger partial charge < -0.3 is 15.1 Å².